The third-order valence-electron chi connectivity index (χ3n) is 1.55. The number of nitrogens with zero attached hydrogens (tertiary/aromatic N) is 1. The van der Waals surface area contributed by atoms with Crippen molar-refractivity contribution >= 4 is 10.9 Å². The Kier molecular flexibility index (Phi) is 2.60. The van der Waals surface area contributed by atoms with Gasteiger partial charge in [0.1, 0.15) is 0 Å². The molecule has 0 aliphatic rings. The quantitative estimate of drug-likeness (QED) is 0.477. The van der Waals surface area contributed by atoms with Crippen LogP contribution in [0.2, 0.25) is 0 Å². The highest BCUT2D eigenvalue weighted by molar-refractivity contribution is 7.94. The lowest BCUT2D eigenvalue weighted by Gasteiger charge is -1.87. The summed E-state index contributed by atoms with van der Waals surface area (Å²) < 4.78 is 7.26. The van der Waals surface area contributed by atoms with Gasteiger partial charge in [0, 0.05) is 6.92 Å². The van der Waals surface area contributed by atoms with Gasteiger partial charge in [-0.3, -0.25) is 0 Å². The van der Waals surface area contributed by atoms with Gasteiger partial charge in [-0.25, -0.2) is 4.52 Å². The molecule has 0 radical (unpaired) electrons. The summed E-state index contributed by atoms with van der Waals surface area (Å²) in [5.74, 6) is 2.15. The Hall–Kier alpha value is -0.440. The Bertz CT molecular complexity index is 223. The molecule has 0 bridgehead atoms. The molecule has 0 atom stereocenters. The van der Waals surface area contributed by atoms with E-state index in [2.05, 4.69) is 25.5 Å². The molecule has 0 aliphatic carbocycles. The molecule has 0 aliphatic heterocycles. The van der Waals surface area contributed by atoms with E-state index in [0.717, 1.165) is 11.5 Å². The first-order valence-corrected chi connectivity index (χ1v) is 5.80. The van der Waals surface area contributed by atoms with Crippen molar-refractivity contribution < 1.29 is 9.26 Å². The number of hydrogen-bond acceptors (Lipinski definition) is 1. The second-order valence-corrected chi connectivity index (χ2v) is 5.23. The highest BCUT2D eigenvalue weighted by Crippen LogP contribution is 2.04. The summed E-state index contributed by atoms with van der Waals surface area (Å²) in [6.07, 6.45) is 4.44. The Morgan fingerprint density at radius 3 is 2.55 bits per heavy atom. The topological polar surface area (TPSA) is 17.0 Å². The summed E-state index contributed by atoms with van der Waals surface area (Å²) in [6.45, 7) is 2.05. The van der Waals surface area contributed by atoms with Crippen LogP contribution in [-0.2, 0) is 23.7 Å². The summed E-state index contributed by atoms with van der Waals surface area (Å²) >= 11 is 0. The van der Waals surface area contributed by atoms with Crippen LogP contribution < -0.4 is 4.74 Å². The zero-order valence-corrected chi connectivity index (χ0v) is 8.36. The SMILES string of the molecule is Cc1cc(C[S+](C)C)o[n+]1C. The minimum Gasteiger partial charge on any atom is -0.236 e. The van der Waals surface area contributed by atoms with Crippen molar-refractivity contribution in [3.05, 3.63) is 17.5 Å². The molecular weight excluding hydrogens is 158 g/mol. The third kappa shape index (κ3) is 2.26. The van der Waals surface area contributed by atoms with E-state index in [4.69, 9.17) is 4.52 Å². The van der Waals surface area contributed by atoms with Crippen molar-refractivity contribution in [2.24, 2.45) is 7.05 Å². The lowest BCUT2D eigenvalue weighted by Crippen LogP contribution is -2.27. The Balaban J connectivity index is 2.73. The van der Waals surface area contributed by atoms with E-state index in [0.29, 0.717) is 10.9 Å². The first kappa shape index (κ1) is 8.65. The van der Waals surface area contributed by atoms with Crippen LogP contribution in [-0.4, -0.2) is 12.5 Å². The van der Waals surface area contributed by atoms with Gasteiger partial charge in [-0.05, 0) is 15.6 Å². The molecule has 0 N–H and O–H groups in total. The second-order valence-electron chi connectivity index (χ2n) is 2.97. The summed E-state index contributed by atoms with van der Waals surface area (Å²) in [6, 6.07) is 2.10. The van der Waals surface area contributed by atoms with E-state index in [-0.39, 0.29) is 0 Å². The van der Waals surface area contributed by atoms with Crippen molar-refractivity contribution in [2.45, 2.75) is 12.7 Å². The average molecular weight is 173 g/mol. The maximum absolute atomic E-state index is 5.45. The minimum absolute atomic E-state index is 0.431. The molecule has 11 heavy (non-hydrogen) atoms. The highest BCUT2D eigenvalue weighted by atomic mass is 32.2. The first-order chi connectivity index (χ1) is 5.09. The van der Waals surface area contributed by atoms with Crippen LogP contribution in [0.25, 0.3) is 0 Å². The second kappa shape index (κ2) is 3.30. The summed E-state index contributed by atoms with van der Waals surface area (Å²) in [7, 11) is 2.36. The molecule has 0 amide bonds. The van der Waals surface area contributed by atoms with E-state index in [1.807, 2.05) is 11.8 Å². The largest absolute Gasteiger partial charge is 0.236 e. The molecule has 1 aromatic rings. The number of hydrogen-bond donors (Lipinski definition) is 0. The highest BCUT2D eigenvalue weighted by Gasteiger charge is 2.15. The van der Waals surface area contributed by atoms with Gasteiger partial charge in [-0.2, -0.15) is 0 Å². The zero-order chi connectivity index (χ0) is 8.43. The van der Waals surface area contributed by atoms with Crippen LogP contribution in [0.3, 0.4) is 0 Å². The maximum atomic E-state index is 5.45. The van der Waals surface area contributed by atoms with Crippen LogP contribution in [0.4, 0.5) is 0 Å². The van der Waals surface area contributed by atoms with Crippen molar-refractivity contribution in [3.8, 4) is 0 Å². The van der Waals surface area contributed by atoms with Gasteiger partial charge in [0.2, 0.25) is 11.5 Å². The van der Waals surface area contributed by atoms with E-state index < -0.39 is 0 Å². The fraction of sp³-hybridized carbons (Fsp3) is 0.625. The molecule has 0 spiro atoms. The van der Waals surface area contributed by atoms with Crippen LogP contribution in [0.5, 0.6) is 0 Å². The Morgan fingerprint density at radius 2 is 2.18 bits per heavy atom. The third-order valence-corrected chi connectivity index (χ3v) is 2.41. The first-order valence-electron chi connectivity index (χ1n) is 3.59. The average Bonchev–Trinajstić information content (AvgIpc) is 2.10. The van der Waals surface area contributed by atoms with Crippen molar-refractivity contribution in [3.63, 3.8) is 0 Å². The van der Waals surface area contributed by atoms with Crippen molar-refractivity contribution in [2.75, 3.05) is 12.5 Å². The molecule has 0 saturated heterocycles. The van der Waals surface area contributed by atoms with Crippen LogP contribution in [0.1, 0.15) is 11.5 Å². The minimum atomic E-state index is 0.431. The van der Waals surface area contributed by atoms with Gasteiger partial charge >= 0.3 is 0 Å². The smallest absolute Gasteiger partial charge is 0.235 e. The normalized spacial score (nSPS) is 11.0. The van der Waals surface area contributed by atoms with E-state index in [9.17, 15) is 0 Å². The number of rotatable bonds is 2. The molecule has 0 saturated carbocycles. The maximum Gasteiger partial charge on any atom is 0.235 e. The van der Waals surface area contributed by atoms with Crippen LogP contribution in [0.15, 0.2) is 10.6 Å². The van der Waals surface area contributed by atoms with Gasteiger partial charge in [-0.1, -0.05) is 0 Å². The molecule has 0 fully saturated rings. The lowest BCUT2D eigenvalue weighted by molar-refractivity contribution is -0.850. The van der Waals surface area contributed by atoms with Gasteiger partial charge in [0.15, 0.2) is 12.8 Å². The monoisotopic (exact) mass is 173 g/mol. The lowest BCUT2D eigenvalue weighted by atomic mass is 10.4. The fourth-order valence-electron chi connectivity index (χ4n) is 0.951. The van der Waals surface area contributed by atoms with Crippen molar-refractivity contribution in [1.29, 1.82) is 0 Å². The van der Waals surface area contributed by atoms with E-state index in [1.54, 1.807) is 0 Å². The molecule has 0 unspecified atom stereocenters. The van der Waals surface area contributed by atoms with E-state index in [1.165, 1.54) is 5.69 Å². The zero-order valence-electron chi connectivity index (χ0n) is 7.55. The van der Waals surface area contributed by atoms with Gasteiger partial charge in [0.05, 0.1) is 18.6 Å². The van der Waals surface area contributed by atoms with Crippen LogP contribution >= 0.6 is 0 Å². The predicted octanol–water partition coefficient (Wildman–Crippen LogP) is 0.790. The Labute approximate surface area is 70.5 Å². The standard InChI is InChI=1S/C8H15NOS/c1-7-5-8(6-11(3)4)10-9(7)2/h5H,6H2,1-4H3/q+2. The van der Waals surface area contributed by atoms with Gasteiger partial charge < -0.3 is 0 Å². The molecule has 1 aromatic heterocycles. The van der Waals surface area contributed by atoms with Gasteiger partial charge in [0.25, 0.3) is 0 Å². The molecule has 62 valence electrons. The van der Waals surface area contributed by atoms with Crippen LogP contribution in [0, 0.1) is 6.92 Å². The molecular formula is C8H15NOS+2. The summed E-state index contributed by atoms with van der Waals surface area (Å²) in [5, 5.41) is 0. The molecule has 1 heterocycles. The summed E-state index contributed by atoms with van der Waals surface area (Å²) in [5.41, 5.74) is 1.19. The van der Waals surface area contributed by atoms with Gasteiger partial charge in [-0.15, -0.1) is 0 Å². The Morgan fingerprint density at radius 1 is 1.55 bits per heavy atom. The fourth-order valence-corrected chi connectivity index (χ4v) is 1.66. The number of aryl methyl sites for hydroxylation is 2. The molecule has 1 rings (SSSR count). The summed E-state index contributed by atoms with van der Waals surface area (Å²) in [4.78, 5) is 0. The molecule has 0 aromatic carbocycles. The molecule has 2 nitrogen and oxygen atoms in total. The molecule has 3 heteroatoms. The van der Waals surface area contributed by atoms with Crippen molar-refractivity contribution in [1.82, 2.24) is 0 Å². The van der Waals surface area contributed by atoms with E-state index >= 15 is 0 Å². The predicted molar refractivity (Wildman–Crippen MR) is 47.5 cm³/mol. The number of aromatic nitrogens is 1.